The summed E-state index contributed by atoms with van der Waals surface area (Å²) in [5.41, 5.74) is 1.78. The molecule has 3 aromatic rings. The van der Waals surface area contributed by atoms with Gasteiger partial charge in [-0.15, -0.1) is 32.9 Å². The third-order valence-corrected chi connectivity index (χ3v) is 6.98. The van der Waals surface area contributed by atoms with Gasteiger partial charge in [0.15, 0.2) is 0 Å². The van der Waals surface area contributed by atoms with Crippen LogP contribution in [0.2, 0.25) is 0 Å². The van der Waals surface area contributed by atoms with Crippen LogP contribution in [0.1, 0.15) is 19.5 Å². The summed E-state index contributed by atoms with van der Waals surface area (Å²) >= 11 is 4.74. The molecule has 0 atom stereocenters. The van der Waals surface area contributed by atoms with Crippen molar-refractivity contribution in [1.82, 2.24) is 20.1 Å². The standard InChI is InChI=1S/C18H20N4OS3/c1-4-22(5-2)16(23)11-25-15-9-8-13(20-21-15)17-12(3)19-18(26-17)14-7-6-10-24-14/h6-10H,4-5,11H2,1-3H3. The van der Waals surface area contributed by atoms with E-state index in [0.717, 1.165) is 39.4 Å². The highest BCUT2D eigenvalue weighted by Crippen LogP contribution is 2.36. The highest BCUT2D eigenvalue weighted by atomic mass is 32.2. The lowest BCUT2D eigenvalue weighted by molar-refractivity contribution is -0.127. The Bertz CT molecular complexity index is 855. The lowest BCUT2D eigenvalue weighted by Gasteiger charge is -2.17. The van der Waals surface area contributed by atoms with Gasteiger partial charge in [0.1, 0.15) is 15.7 Å². The predicted octanol–water partition coefficient (Wildman–Crippen LogP) is 4.60. The molecule has 3 rings (SSSR count). The number of thioether (sulfide) groups is 1. The molecule has 0 fully saturated rings. The van der Waals surface area contributed by atoms with Gasteiger partial charge in [-0.2, -0.15) is 0 Å². The van der Waals surface area contributed by atoms with E-state index in [1.165, 1.54) is 16.6 Å². The molecule has 0 radical (unpaired) electrons. The molecule has 0 saturated carbocycles. The molecule has 0 bridgehead atoms. The molecule has 3 aromatic heterocycles. The zero-order chi connectivity index (χ0) is 18.5. The molecule has 0 saturated heterocycles. The number of hydrogen-bond donors (Lipinski definition) is 0. The van der Waals surface area contributed by atoms with Gasteiger partial charge in [0, 0.05) is 13.1 Å². The first kappa shape index (κ1) is 19.0. The molecule has 8 heteroatoms. The molecule has 0 unspecified atom stereocenters. The predicted molar refractivity (Wildman–Crippen MR) is 110 cm³/mol. The number of aromatic nitrogens is 3. The number of carbonyl (C=O) groups excluding carboxylic acids is 1. The van der Waals surface area contributed by atoms with Crippen molar-refractivity contribution in [2.75, 3.05) is 18.8 Å². The largest absolute Gasteiger partial charge is 0.343 e. The maximum absolute atomic E-state index is 12.1. The number of carbonyl (C=O) groups is 1. The molecule has 0 N–H and O–H groups in total. The third kappa shape index (κ3) is 4.31. The van der Waals surface area contributed by atoms with Gasteiger partial charge in [0.05, 0.1) is 21.2 Å². The van der Waals surface area contributed by atoms with Crippen LogP contribution in [0.25, 0.3) is 20.5 Å². The van der Waals surface area contributed by atoms with Crippen molar-refractivity contribution in [1.29, 1.82) is 0 Å². The van der Waals surface area contributed by atoms with E-state index in [0.29, 0.717) is 5.75 Å². The number of rotatable bonds is 7. The maximum Gasteiger partial charge on any atom is 0.232 e. The third-order valence-electron chi connectivity index (χ3n) is 3.86. The van der Waals surface area contributed by atoms with Gasteiger partial charge in [0.25, 0.3) is 0 Å². The summed E-state index contributed by atoms with van der Waals surface area (Å²) in [5, 5.41) is 12.4. The van der Waals surface area contributed by atoms with E-state index < -0.39 is 0 Å². The fourth-order valence-corrected chi connectivity index (χ4v) is 5.01. The fraction of sp³-hybridized carbons (Fsp3) is 0.333. The number of aryl methyl sites for hydroxylation is 1. The second-order valence-electron chi connectivity index (χ2n) is 5.52. The first-order chi connectivity index (χ1) is 12.6. The van der Waals surface area contributed by atoms with Crippen LogP contribution in [0.5, 0.6) is 0 Å². The van der Waals surface area contributed by atoms with Crippen molar-refractivity contribution in [3.8, 4) is 20.5 Å². The molecule has 5 nitrogen and oxygen atoms in total. The van der Waals surface area contributed by atoms with E-state index in [2.05, 4.69) is 26.6 Å². The molecule has 3 heterocycles. The Morgan fingerprint density at radius 1 is 1.19 bits per heavy atom. The summed E-state index contributed by atoms with van der Waals surface area (Å²) in [5.74, 6) is 0.516. The van der Waals surface area contributed by atoms with E-state index in [9.17, 15) is 4.79 Å². The minimum Gasteiger partial charge on any atom is -0.343 e. The first-order valence-corrected chi connectivity index (χ1v) is 11.1. The van der Waals surface area contributed by atoms with Crippen molar-refractivity contribution in [3.05, 3.63) is 35.3 Å². The Balaban J connectivity index is 1.69. The number of amides is 1. The van der Waals surface area contributed by atoms with Crippen molar-refractivity contribution in [2.24, 2.45) is 0 Å². The quantitative estimate of drug-likeness (QED) is 0.539. The van der Waals surface area contributed by atoms with E-state index in [4.69, 9.17) is 0 Å². The molecular formula is C18H20N4OS3. The van der Waals surface area contributed by atoms with Crippen LogP contribution < -0.4 is 0 Å². The summed E-state index contributed by atoms with van der Waals surface area (Å²) in [6, 6.07) is 7.98. The molecular weight excluding hydrogens is 384 g/mol. The van der Waals surface area contributed by atoms with Crippen molar-refractivity contribution >= 4 is 40.3 Å². The molecule has 1 amide bonds. The van der Waals surface area contributed by atoms with Crippen LogP contribution >= 0.6 is 34.4 Å². The SMILES string of the molecule is CCN(CC)C(=O)CSc1ccc(-c2sc(-c3cccs3)nc2C)nn1. The fourth-order valence-electron chi connectivity index (χ4n) is 2.46. The zero-order valence-corrected chi connectivity index (χ0v) is 17.4. The van der Waals surface area contributed by atoms with Gasteiger partial charge in [-0.25, -0.2) is 4.98 Å². The number of hydrogen-bond acceptors (Lipinski definition) is 7. The van der Waals surface area contributed by atoms with Gasteiger partial charge in [-0.1, -0.05) is 17.8 Å². The highest BCUT2D eigenvalue weighted by Gasteiger charge is 2.14. The first-order valence-electron chi connectivity index (χ1n) is 8.38. The van der Waals surface area contributed by atoms with Crippen LogP contribution in [0.15, 0.2) is 34.7 Å². The molecule has 0 aliphatic rings. The van der Waals surface area contributed by atoms with Gasteiger partial charge in [-0.3, -0.25) is 4.79 Å². The summed E-state index contributed by atoms with van der Waals surface area (Å²) in [7, 11) is 0. The second-order valence-corrected chi connectivity index (χ2v) is 8.46. The lowest BCUT2D eigenvalue weighted by atomic mass is 10.3. The van der Waals surface area contributed by atoms with Crippen molar-refractivity contribution in [3.63, 3.8) is 0 Å². The Morgan fingerprint density at radius 3 is 2.62 bits per heavy atom. The van der Waals surface area contributed by atoms with Gasteiger partial charge < -0.3 is 4.90 Å². The Hall–Kier alpha value is -1.77. The van der Waals surface area contributed by atoms with Crippen molar-refractivity contribution in [2.45, 2.75) is 25.8 Å². The molecule has 26 heavy (non-hydrogen) atoms. The minimum absolute atomic E-state index is 0.129. The summed E-state index contributed by atoms with van der Waals surface area (Å²) in [4.78, 5) is 20.8. The highest BCUT2D eigenvalue weighted by molar-refractivity contribution is 7.99. The Labute approximate surface area is 165 Å². The topological polar surface area (TPSA) is 59.0 Å². The minimum atomic E-state index is 0.129. The van der Waals surface area contributed by atoms with E-state index in [1.54, 1.807) is 22.7 Å². The van der Waals surface area contributed by atoms with Crippen LogP contribution in [0.4, 0.5) is 0 Å². The van der Waals surface area contributed by atoms with Gasteiger partial charge in [0.2, 0.25) is 5.91 Å². The Kier molecular flexibility index (Phi) is 6.39. The van der Waals surface area contributed by atoms with Crippen LogP contribution in [0.3, 0.4) is 0 Å². The maximum atomic E-state index is 12.1. The molecule has 136 valence electrons. The summed E-state index contributed by atoms with van der Waals surface area (Å²) in [6.45, 7) is 7.44. The average molecular weight is 405 g/mol. The summed E-state index contributed by atoms with van der Waals surface area (Å²) < 4.78 is 0. The van der Waals surface area contributed by atoms with Gasteiger partial charge >= 0.3 is 0 Å². The smallest absolute Gasteiger partial charge is 0.232 e. The van der Waals surface area contributed by atoms with Crippen LogP contribution in [0, 0.1) is 6.92 Å². The number of thiophene rings is 1. The normalized spacial score (nSPS) is 10.9. The van der Waals surface area contributed by atoms with Crippen molar-refractivity contribution < 1.29 is 4.79 Å². The molecule has 0 aliphatic heterocycles. The zero-order valence-electron chi connectivity index (χ0n) is 14.9. The molecule has 0 aliphatic carbocycles. The van der Waals surface area contributed by atoms with Crippen LogP contribution in [-0.4, -0.2) is 44.8 Å². The van der Waals surface area contributed by atoms with E-state index >= 15 is 0 Å². The molecule has 0 aromatic carbocycles. The Morgan fingerprint density at radius 2 is 2.00 bits per heavy atom. The van der Waals surface area contributed by atoms with Crippen LogP contribution in [-0.2, 0) is 4.79 Å². The lowest BCUT2D eigenvalue weighted by Crippen LogP contribution is -2.31. The summed E-state index contributed by atoms with van der Waals surface area (Å²) in [6.07, 6.45) is 0. The second kappa shape index (κ2) is 8.75. The monoisotopic (exact) mass is 404 g/mol. The number of thiazole rings is 1. The van der Waals surface area contributed by atoms with E-state index in [-0.39, 0.29) is 5.91 Å². The average Bonchev–Trinajstić information content (AvgIpc) is 3.31. The molecule has 0 spiro atoms. The number of nitrogens with zero attached hydrogens (tertiary/aromatic N) is 4. The van der Waals surface area contributed by atoms with E-state index in [1.807, 2.05) is 43.9 Å². The van der Waals surface area contributed by atoms with Gasteiger partial charge in [-0.05, 0) is 44.4 Å².